The van der Waals surface area contributed by atoms with E-state index in [0.29, 0.717) is 18.3 Å². The average molecular weight is 441 g/mol. The highest BCUT2D eigenvalue weighted by Gasteiger charge is 2.27. The highest BCUT2D eigenvalue weighted by atomic mass is 32.2. The van der Waals surface area contributed by atoms with Crippen LogP contribution in [-0.2, 0) is 11.3 Å². The molecule has 1 aliphatic rings. The number of rotatable bonds is 8. The lowest BCUT2D eigenvalue weighted by Crippen LogP contribution is -2.30. The summed E-state index contributed by atoms with van der Waals surface area (Å²) in [5, 5.41) is 12.3. The van der Waals surface area contributed by atoms with Crippen LogP contribution in [0.2, 0.25) is 0 Å². The minimum Gasteiger partial charge on any atom is -0.497 e. The summed E-state index contributed by atoms with van der Waals surface area (Å²) in [6, 6.07) is 11.8. The van der Waals surface area contributed by atoms with Gasteiger partial charge in [0.05, 0.1) is 18.6 Å². The van der Waals surface area contributed by atoms with E-state index < -0.39 is 0 Å². The van der Waals surface area contributed by atoms with E-state index in [2.05, 4.69) is 20.1 Å². The van der Waals surface area contributed by atoms with Crippen molar-refractivity contribution in [2.75, 3.05) is 7.11 Å². The normalized spacial score (nSPS) is 15.5. The van der Waals surface area contributed by atoms with Crippen LogP contribution in [0.3, 0.4) is 0 Å². The van der Waals surface area contributed by atoms with Gasteiger partial charge in [0.1, 0.15) is 5.75 Å². The van der Waals surface area contributed by atoms with E-state index in [1.54, 1.807) is 13.4 Å². The van der Waals surface area contributed by atoms with Crippen molar-refractivity contribution in [3.63, 3.8) is 0 Å². The van der Waals surface area contributed by atoms with Gasteiger partial charge in [0.25, 0.3) is 0 Å². The van der Waals surface area contributed by atoms with Crippen molar-refractivity contribution < 1.29 is 13.9 Å². The van der Waals surface area contributed by atoms with Gasteiger partial charge >= 0.3 is 0 Å². The van der Waals surface area contributed by atoms with Gasteiger partial charge in [-0.1, -0.05) is 43.2 Å². The van der Waals surface area contributed by atoms with Crippen LogP contribution in [0, 0.1) is 0 Å². The fourth-order valence-electron chi connectivity index (χ4n) is 3.89. The third-order valence-electron chi connectivity index (χ3n) is 5.62. The van der Waals surface area contributed by atoms with Gasteiger partial charge < -0.3 is 14.5 Å². The quantitative estimate of drug-likeness (QED) is 0.504. The number of hydrogen-bond acceptors (Lipinski definition) is 6. The molecule has 2 heterocycles. The van der Waals surface area contributed by atoms with E-state index in [-0.39, 0.29) is 11.2 Å². The molecule has 3 aromatic rings. The highest BCUT2D eigenvalue weighted by molar-refractivity contribution is 8.00. The highest BCUT2D eigenvalue weighted by Crippen LogP contribution is 2.36. The largest absolute Gasteiger partial charge is 0.497 e. The van der Waals surface area contributed by atoms with Gasteiger partial charge in [0.15, 0.2) is 10.9 Å². The molecule has 1 atom stereocenters. The topological polar surface area (TPSA) is 82.2 Å². The molecule has 8 heteroatoms. The minimum atomic E-state index is -0.297. The molecule has 0 bridgehead atoms. The molecular formula is C23H28N4O3S. The number of benzene rings is 1. The van der Waals surface area contributed by atoms with Gasteiger partial charge in [0.2, 0.25) is 11.7 Å². The Hall–Kier alpha value is -2.74. The zero-order valence-electron chi connectivity index (χ0n) is 17.9. The second kappa shape index (κ2) is 10.0. The molecule has 1 aromatic carbocycles. The van der Waals surface area contributed by atoms with E-state index in [4.69, 9.17) is 9.15 Å². The Kier molecular flexibility index (Phi) is 6.96. The smallest absolute Gasteiger partial charge is 0.233 e. The number of amides is 1. The van der Waals surface area contributed by atoms with E-state index in [1.807, 2.05) is 43.3 Å². The van der Waals surface area contributed by atoms with Gasteiger partial charge in [-0.3, -0.25) is 9.36 Å². The number of furan rings is 1. The molecule has 0 spiro atoms. The molecule has 7 nitrogen and oxygen atoms in total. The number of carbonyl (C=O) groups is 1. The summed E-state index contributed by atoms with van der Waals surface area (Å²) in [5.41, 5.74) is 1.02. The maximum atomic E-state index is 12.7. The number of ether oxygens (including phenoxy) is 1. The number of aromatic nitrogens is 3. The van der Waals surface area contributed by atoms with Crippen LogP contribution in [0.5, 0.6) is 5.75 Å². The lowest BCUT2D eigenvalue weighted by atomic mass is 9.95. The third kappa shape index (κ3) is 5.12. The van der Waals surface area contributed by atoms with Crippen molar-refractivity contribution in [1.29, 1.82) is 0 Å². The molecule has 0 saturated heterocycles. The van der Waals surface area contributed by atoms with E-state index in [0.717, 1.165) is 35.1 Å². The molecule has 2 aromatic heterocycles. The molecular weight excluding hydrogens is 412 g/mol. The summed E-state index contributed by atoms with van der Waals surface area (Å²) in [5.74, 6) is 2.22. The Bertz CT molecular complexity index is 979. The van der Waals surface area contributed by atoms with Crippen LogP contribution in [0.4, 0.5) is 0 Å². The zero-order valence-corrected chi connectivity index (χ0v) is 18.7. The lowest BCUT2D eigenvalue weighted by Gasteiger charge is -2.25. The fourth-order valence-corrected chi connectivity index (χ4v) is 4.83. The first-order chi connectivity index (χ1) is 15.2. The van der Waals surface area contributed by atoms with Crippen LogP contribution in [0.15, 0.2) is 52.2 Å². The predicted octanol–water partition coefficient (Wildman–Crippen LogP) is 4.85. The molecule has 1 amide bonds. The molecule has 0 unspecified atom stereocenters. The second-order valence-electron chi connectivity index (χ2n) is 7.77. The van der Waals surface area contributed by atoms with Gasteiger partial charge in [0, 0.05) is 12.6 Å². The molecule has 4 rings (SSSR count). The number of thioether (sulfide) groups is 1. The first-order valence-corrected chi connectivity index (χ1v) is 11.6. The van der Waals surface area contributed by atoms with Crippen molar-refractivity contribution in [1.82, 2.24) is 20.1 Å². The van der Waals surface area contributed by atoms with E-state index in [1.165, 1.54) is 31.0 Å². The Morgan fingerprint density at radius 3 is 2.68 bits per heavy atom. The summed E-state index contributed by atoms with van der Waals surface area (Å²) in [6.07, 6.45) is 7.50. The maximum absolute atomic E-state index is 12.7. The molecule has 0 aliphatic heterocycles. The predicted molar refractivity (Wildman–Crippen MR) is 120 cm³/mol. The van der Waals surface area contributed by atoms with Gasteiger partial charge in [-0.15, -0.1) is 10.2 Å². The Labute approximate surface area is 186 Å². The monoisotopic (exact) mass is 440 g/mol. The van der Waals surface area contributed by atoms with Crippen molar-refractivity contribution in [2.45, 2.75) is 62.0 Å². The van der Waals surface area contributed by atoms with Crippen molar-refractivity contribution >= 4 is 17.7 Å². The van der Waals surface area contributed by atoms with Crippen molar-refractivity contribution in [2.24, 2.45) is 0 Å². The van der Waals surface area contributed by atoms with Crippen LogP contribution in [0.25, 0.3) is 11.6 Å². The van der Waals surface area contributed by atoms with E-state index in [9.17, 15) is 4.79 Å². The summed E-state index contributed by atoms with van der Waals surface area (Å²) in [6.45, 7) is 2.38. The van der Waals surface area contributed by atoms with Gasteiger partial charge in [-0.05, 0) is 49.6 Å². The summed E-state index contributed by atoms with van der Waals surface area (Å²) in [4.78, 5) is 12.7. The summed E-state index contributed by atoms with van der Waals surface area (Å²) in [7, 11) is 1.64. The number of hydrogen-bond donors (Lipinski definition) is 1. The molecule has 1 saturated carbocycles. The molecule has 0 radical (unpaired) electrons. The Balaban J connectivity index is 1.45. The summed E-state index contributed by atoms with van der Waals surface area (Å²) < 4.78 is 13.0. The van der Waals surface area contributed by atoms with Crippen LogP contribution < -0.4 is 10.1 Å². The standard InChI is InChI=1S/C23H28N4O3S/c1-16(22(28)24-15-17-10-12-19(29-2)13-11-17)31-23-26-25-21(20-9-6-14-30-20)27(23)18-7-4-3-5-8-18/h6,9-14,16,18H,3-5,7-8,15H2,1-2H3,(H,24,28)/t16-/m0/s1. The van der Waals surface area contributed by atoms with Crippen LogP contribution in [-0.4, -0.2) is 33.0 Å². The summed E-state index contributed by atoms with van der Waals surface area (Å²) >= 11 is 1.45. The second-order valence-corrected chi connectivity index (χ2v) is 9.08. The molecule has 31 heavy (non-hydrogen) atoms. The van der Waals surface area contributed by atoms with Gasteiger partial charge in [-0.25, -0.2) is 0 Å². The van der Waals surface area contributed by atoms with Crippen LogP contribution >= 0.6 is 11.8 Å². The molecule has 1 fully saturated rings. The zero-order chi connectivity index (χ0) is 21.6. The Morgan fingerprint density at radius 1 is 1.23 bits per heavy atom. The van der Waals surface area contributed by atoms with Gasteiger partial charge in [-0.2, -0.15) is 0 Å². The lowest BCUT2D eigenvalue weighted by molar-refractivity contribution is -0.120. The first kappa shape index (κ1) is 21.5. The Morgan fingerprint density at radius 2 is 2.00 bits per heavy atom. The van der Waals surface area contributed by atoms with Crippen molar-refractivity contribution in [3.05, 3.63) is 48.2 Å². The SMILES string of the molecule is COc1ccc(CNC(=O)[C@H](C)Sc2nnc(-c3ccco3)n2C2CCCCC2)cc1. The number of nitrogens with zero attached hydrogens (tertiary/aromatic N) is 3. The maximum Gasteiger partial charge on any atom is 0.233 e. The number of nitrogens with one attached hydrogen (secondary N) is 1. The fraction of sp³-hybridized carbons (Fsp3) is 0.435. The van der Waals surface area contributed by atoms with E-state index >= 15 is 0 Å². The number of methoxy groups -OCH3 is 1. The van der Waals surface area contributed by atoms with Crippen LogP contribution in [0.1, 0.15) is 50.6 Å². The number of carbonyl (C=O) groups excluding carboxylic acids is 1. The first-order valence-electron chi connectivity index (χ1n) is 10.7. The third-order valence-corrected chi connectivity index (χ3v) is 6.68. The minimum absolute atomic E-state index is 0.0291. The molecule has 164 valence electrons. The van der Waals surface area contributed by atoms with Crippen molar-refractivity contribution in [3.8, 4) is 17.3 Å². The molecule has 1 N–H and O–H groups in total. The average Bonchev–Trinajstić information content (AvgIpc) is 3.48. The molecule has 1 aliphatic carbocycles.